The molecule has 0 radical (unpaired) electrons. The van der Waals surface area contributed by atoms with Gasteiger partial charge in [0.15, 0.2) is 0 Å². The van der Waals surface area contributed by atoms with Crippen molar-refractivity contribution in [1.29, 1.82) is 0 Å². The van der Waals surface area contributed by atoms with Crippen molar-refractivity contribution in [3.8, 4) is 11.1 Å². The average molecular weight is 704 g/mol. The Kier molecular flexibility index (Phi) is 10.2. The van der Waals surface area contributed by atoms with Crippen molar-refractivity contribution in [2.24, 2.45) is 10.1 Å². The van der Waals surface area contributed by atoms with Crippen molar-refractivity contribution in [2.45, 2.75) is 23.1 Å². The number of nitrogens with zero attached hydrogens (tertiary/aromatic N) is 1. The number of carboxylic acid groups (broad SMARTS) is 1. The molecule has 0 fully saturated rings. The number of benzene rings is 6. The fourth-order valence-corrected chi connectivity index (χ4v) is 7.94. The van der Waals surface area contributed by atoms with Gasteiger partial charge in [-0.3, -0.25) is 0 Å². The number of hydrogen-bond acceptors (Lipinski definition) is 5. The Hall–Kier alpha value is -6.12. The van der Waals surface area contributed by atoms with Gasteiger partial charge in [-0.1, -0.05) is 164 Å². The van der Waals surface area contributed by atoms with Crippen LogP contribution in [0.3, 0.4) is 0 Å². The first-order valence-corrected chi connectivity index (χ1v) is 17.8. The molecule has 1 aliphatic carbocycles. The van der Waals surface area contributed by atoms with Gasteiger partial charge in [-0.25, -0.2) is 9.59 Å². The molecule has 1 aliphatic rings. The second-order valence-electron chi connectivity index (χ2n) is 12.6. The van der Waals surface area contributed by atoms with Crippen molar-refractivity contribution in [1.82, 2.24) is 5.32 Å². The first kappa shape index (κ1) is 34.3. The summed E-state index contributed by atoms with van der Waals surface area (Å²) in [6.45, 7) is 0.0949. The topological polar surface area (TPSA) is 114 Å². The summed E-state index contributed by atoms with van der Waals surface area (Å²) in [7, 11) is 0. The maximum absolute atomic E-state index is 12.9. The Balaban J connectivity index is 1.05. The zero-order valence-corrected chi connectivity index (χ0v) is 29.1. The van der Waals surface area contributed by atoms with Crippen molar-refractivity contribution < 1.29 is 19.4 Å². The van der Waals surface area contributed by atoms with Crippen LogP contribution in [0.25, 0.3) is 11.1 Å². The summed E-state index contributed by atoms with van der Waals surface area (Å²) in [5.41, 5.74) is 15.6. The van der Waals surface area contributed by atoms with Gasteiger partial charge < -0.3 is 20.9 Å². The number of carbonyl (C=O) groups excluding carboxylic acids is 1. The molecule has 1 atom stereocenters. The molecule has 0 aliphatic heterocycles. The maximum Gasteiger partial charge on any atom is 0.407 e. The molecule has 0 unspecified atom stereocenters. The smallest absolute Gasteiger partial charge is 0.407 e. The van der Waals surface area contributed by atoms with E-state index in [-0.39, 0.29) is 18.9 Å². The molecule has 7 nitrogen and oxygen atoms in total. The Morgan fingerprint density at radius 3 is 1.63 bits per heavy atom. The number of alkyl carbamates (subject to hydrolysis) is 1. The van der Waals surface area contributed by atoms with E-state index < -0.39 is 22.9 Å². The molecule has 0 heterocycles. The number of amides is 1. The number of carbonyl (C=O) groups is 2. The van der Waals surface area contributed by atoms with E-state index in [2.05, 4.69) is 53.8 Å². The van der Waals surface area contributed by atoms with E-state index in [9.17, 15) is 14.7 Å². The van der Waals surface area contributed by atoms with Crippen LogP contribution in [-0.4, -0.2) is 35.7 Å². The molecule has 258 valence electrons. The minimum atomic E-state index is -1.19. The van der Waals surface area contributed by atoms with E-state index in [1.54, 1.807) is 12.1 Å². The minimum Gasteiger partial charge on any atom is -0.480 e. The average Bonchev–Trinajstić information content (AvgIpc) is 3.52. The number of aliphatic carboxylic acids is 1. The van der Waals surface area contributed by atoms with Gasteiger partial charge in [0.05, 0.1) is 0 Å². The highest BCUT2D eigenvalue weighted by molar-refractivity contribution is 7.99. The third kappa shape index (κ3) is 7.06. The summed E-state index contributed by atoms with van der Waals surface area (Å²) in [5, 5.41) is 12.5. The molecule has 8 heteroatoms. The first-order chi connectivity index (χ1) is 25.4. The number of hydrogen-bond donors (Lipinski definition) is 3. The molecule has 0 spiro atoms. The largest absolute Gasteiger partial charge is 0.480 e. The summed E-state index contributed by atoms with van der Waals surface area (Å²) in [5.74, 6) is -0.957. The van der Waals surface area contributed by atoms with Crippen molar-refractivity contribution >= 4 is 29.8 Å². The summed E-state index contributed by atoms with van der Waals surface area (Å²) in [4.78, 5) is 25.1. The second kappa shape index (κ2) is 15.4. The lowest BCUT2D eigenvalue weighted by Gasteiger charge is -2.33. The van der Waals surface area contributed by atoms with Gasteiger partial charge in [-0.15, -0.1) is 0 Å². The number of fused-ring (bicyclic) bond motifs is 3. The lowest BCUT2D eigenvalue weighted by molar-refractivity contribution is -0.139. The zero-order chi connectivity index (χ0) is 35.9. The molecule has 0 aromatic heterocycles. The second-order valence-corrected chi connectivity index (χ2v) is 13.6. The highest BCUT2D eigenvalue weighted by atomic mass is 32.2. The van der Waals surface area contributed by atoms with Gasteiger partial charge in [0.2, 0.25) is 0 Å². The fraction of sp³-hybridized carbons (Fsp3) is 0.114. The summed E-state index contributed by atoms with van der Waals surface area (Å²) in [6.07, 6.45) is -0.719. The van der Waals surface area contributed by atoms with Gasteiger partial charge in [0.25, 0.3) is 0 Å². The SMILES string of the molecule is N/C(=N\SC(c1ccccc1)(c1ccccc1)c1ccccc1)c1ccc(C[C@H](NC(=O)OCC2c3ccccc3-c3ccccc32)C(=O)O)cc1. The van der Waals surface area contributed by atoms with Crippen LogP contribution in [0.4, 0.5) is 4.79 Å². The van der Waals surface area contributed by atoms with Crippen LogP contribution in [0, 0.1) is 0 Å². The number of ether oxygens (including phenoxy) is 1. The normalized spacial score (nSPS) is 13.1. The molecule has 0 saturated carbocycles. The lowest BCUT2D eigenvalue weighted by atomic mass is 9.84. The highest BCUT2D eigenvalue weighted by Gasteiger charge is 2.38. The standard InChI is InChI=1S/C44H37N3O4S/c45-41(47-52-44(32-14-4-1-5-15-32,33-16-6-2-7-17-33)34-18-8-3-9-19-34)31-26-24-30(25-27-31)28-40(42(48)49)46-43(50)51-29-39-37-22-12-10-20-35(37)36-21-11-13-23-38(36)39/h1-27,39-40H,28-29H2,(H2,45,47)(H,46,50)(H,48,49)/t40-/m0/s1. The first-order valence-electron chi connectivity index (χ1n) is 17.1. The zero-order valence-electron chi connectivity index (χ0n) is 28.3. The Labute approximate surface area is 307 Å². The van der Waals surface area contributed by atoms with Crippen LogP contribution in [0.1, 0.15) is 44.9 Å². The predicted molar refractivity (Wildman–Crippen MR) is 207 cm³/mol. The van der Waals surface area contributed by atoms with E-state index in [1.807, 2.05) is 103 Å². The molecule has 6 aromatic carbocycles. The van der Waals surface area contributed by atoms with E-state index in [0.717, 1.165) is 38.9 Å². The molecule has 4 N–H and O–H groups in total. The molecule has 7 rings (SSSR count). The van der Waals surface area contributed by atoms with E-state index in [1.165, 1.54) is 11.9 Å². The third-order valence-electron chi connectivity index (χ3n) is 9.45. The number of nitrogens with two attached hydrogens (primary N) is 1. The number of rotatable bonds is 12. The Morgan fingerprint density at radius 1 is 0.692 bits per heavy atom. The van der Waals surface area contributed by atoms with Crippen LogP contribution in [-0.2, 0) is 20.7 Å². The predicted octanol–water partition coefficient (Wildman–Crippen LogP) is 8.57. The van der Waals surface area contributed by atoms with Gasteiger partial charge in [-0.2, -0.15) is 4.40 Å². The Morgan fingerprint density at radius 2 is 1.15 bits per heavy atom. The third-order valence-corrected chi connectivity index (χ3v) is 10.7. The van der Waals surface area contributed by atoms with E-state index in [4.69, 9.17) is 14.9 Å². The quantitative estimate of drug-likeness (QED) is 0.0510. The van der Waals surface area contributed by atoms with Crippen LogP contribution < -0.4 is 11.1 Å². The van der Waals surface area contributed by atoms with Gasteiger partial charge in [0.1, 0.15) is 23.2 Å². The van der Waals surface area contributed by atoms with Gasteiger partial charge in [0, 0.05) is 17.9 Å². The minimum absolute atomic E-state index is 0.0603. The fourth-order valence-electron chi connectivity index (χ4n) is 6.88. The summed E-state index contributed by atoms with van der Waals surface area (Å²) < 4.78 is 9.82. The maximum atomic E-state index is 12.9. The molecule has 1 amide bonds. The van der Waals surface area contributed by atoms with Gasteiger partial charge in [-0.05, 0) is 56.5 Å². The van der Waals surface area contributed by atoms with Gasteiger partial charge >= 0.3 is 12.1 Å². The molecular formula is C44H37N3O4S. The van der Waals surface area contributed by atoms with E-state index in [0.29, 0.717) is 17.0 Å². The monoisotopic (exact) mass is 703 g/mol. The molecule has 52 heavy (non-hydrogen) atoms. The summed E-state index contributed by atoms with van der Waals surface area (Å²) in [6, 6.07) is 52.9. The molecule has 0 saturated heterocycles. The van der Waals surface area contributed by atoms with E-state index >= 15 is 0 Å². The number of nitrogens with one attached hydrogen (secondary N) is 1. The number of amidine groups is 1. The lowest BCUT2D eigenvalue weighted by Crippen LogP contribution is -2.42. The van der Waals surface area contributed by atoms with Crippen molar-refractivity contribution in [3.05, 3.63) is 203 Å². The van der Waals surface area contributed by atoms with Crippen molar-refractivity contribution in [3.63, 3.8) is 0 Å². The number of carboxylic acids is 1. The Bertz CT molecular complexity index is 2050. The molecule has 6 aromatic rings. The summed E-state index contributed by atoms with van der Waals surface area (Å²) >= 11 is 1.39. The van der Waals surface area contributed by atoms with Crippen molar-refractivity contribution in [2.75, 3.05) is 6.61 Å². The van der Waals surface area contributed by atoms with Crippen LogP contribution >= 0.6 is 11.9 Å². The van der Waals surface area contributed by atoms with Crippen LogP contribution in [0.15, 0.2) is 168 Å². The molecular weight excluding hydrogens is 667 g/mol. The highest BCUT2D eigenvalue weighted by Crippen LogP contribution is 2.49. The molecule has 0 bridgehead atoms. The van der Waals surface area contributed by atoms with Crippen LogP contribution in [0.2, 0.25) is 0 Å². The van der Waals surface area contributed by atoms with Crippen LogP contribution in [0.5, 0.6) is 0 Å².